The monoisotopic (exact) mass is 600 g/mol. The first-order valence-corrected chi connectivity index (χ1v) is 13.2. The van der Waals surface area contributed by atoms with Crippen LogP contribution in [0, 0.1) is 0 Å². The van der Waals surface area contributed by atoms with Gasteiger partial charge in [-0.05, 0) is 59.7 Å². The van der Waals surface area contributed by atoms with E-state index in [-0.39, 0.29) is 5.57 Å². The SMILES string of the molecule is COc1cc(C=C2C(=O)N(c3ccccc3)C(=O)N(c3ccccc3)C2=O)cc(Br)c1Cc1ccccc1Cl. The lowest BCUT2D eigenvalue weighted by molar-refractivity contribution is -0.121. The summed E-state index contributed by atoms with van der Waals surface area (Å²) >= 11 is 10.0. The highest BCUT2D eigenvalue weighted by Gasteiger charge is 2.43. The number of urea groups is 1. The van der Waals surface area contributed by atoms with Crippen LogP contribution in [0.15, 0.2) is 107 Å². The van der Waals surface area contributed by atoms with Gasteiger partial charge in [-0.15, -0.1) is 0 Å². The predicted molar refractivity (Wildman–Crippen MR) is 156 cm³/mol. The first-order chi connectivity index (χ1) is 18.9. The van der Waals surface area contributed by atoms with E-state index in [0.717, 1.165) is 25.4 Å². The van der Waals surface area contributed by atoms with Crippen molar-refractivity contribution in [3.63, 3.8) is 0 Å². The van der Waals surface area contributed by atoms with Crippen LogP contribution in [0.3, 0.4) is 0 Å². The minimum absolute atomic E-state index is 0.157. The lowest BCUT2D eigenvalue weighted by Crippen LogP contribution is -2.57. The molecular formula is C31H22BrClN2O4. The second-order valence-corrected chi connectivity index (χ2v) is 10.0. The number of methoxy groups -OCH3 is 1. The maximum atomic E-state index is 13.6. The van der Waals surface area contributed by atoms with Gasteiger partial charge in [-0.25, -0.2) is 14.6 Å². The van der Waals surface area contributed by atoms with Gasteiger partial charge >= 0.3 is 6.03 Å². The molecule has 0 spiro atoms. The highest BCUT2D eigenvalue weighted by atomic mass is 79.9. The molecule has 4 amide bonds. The summed E-state index contributed by atoms with van der Waals surface area (Å²) in [5.41, 5.74) is 2.91. The van der Waals surface area contributed by atoms with Crippen LogP contribution in [-0.4, -0.2) is 25.0 Å². The van der Waals surface area contributed by atoms with Crippen molar-refractivity contribution in [3.05, 3.63) is 129 Å². The van der Waals surface area contributed by atoms with Gasteiger partial charge in [0, 0.05) is 21.5 Å². The lowest BCUT2D eigenvalue weighted by Gasteiger charge is -2.34. The smallest absolute Gasteiger partial charge is 0.343 e. The van der Waals surface area contributed by atoms with Gasteiger partial charge in [-0.3, -0.25) is 9.59 Å². The second-order valence-electron chi connectivity index (χ2n) is 8.74. The fourth-order valence-corrected chi connectivity index (χ4v) is 5.21. The van der Waals surface area contributed by atoms with Gasteiger partial charge in [0.2, 0.25) is 0 Å². The number of hydrogen-bond donors (Lipinski definition) is 0. The number of ether oxygens (including phenoxy) is 1. The van der Waals surface area contributed by atoms with Gasteiger partial charge < -0.3 is 4.74 Å². The second kappa shape index (κ2) is 11.3. The Balaban J connectivity index is 1.60. The number of hydrogen-bond acceptors (Lipinski definition) is 4. The average Bonchev–Trinajstić information content (AvgIpc) is 2.94. The highest BCUT2D eigenvalue weighted by molar-refractivity contribution is 9.10. The van der Waals surface area contributed by atoms with Gasteiger partial charge in [0.1, 0.15) is 11.3 Å². The number of imide groups is 2. The van der Waals surface area contributed by atoms with Crippen LogP contribution >= 0.6 is 27.5 Å². The van der Waals surface area contributed by atoms with Crippen LogP contribution < -0.4 is 14.5 Å². The van der Waals surface area contributed by atoms with E-state index < -0.39 is 17.8 Å². The first kappa shape index (κ1) is 26.4. The number of amides is 4. The molecule has 0 bridgehead atoms. The van der Waals surface area contributed by atoms with Gasteiger partial charge in [0.05, 0.1) is 18.5 Å². The van der Waals surface area contributed by atoms with E-state index in [0.29, 0.717) is 34.1 Å². The third-order valence-electron chi connectivity index (χ3n) is 6.31. The molecule has 8 heteroatoms. The van der Waals surface area contributed by atoms with Gasteiger partial charge in [0.15, 0.2) is 0 Å². The van der Waals surface area contributed by atoms with E-state index in [9.17, 15) is 14.4 Å². The van der Waals surface area contributed by atoms with E-state index in [1.54, 1.807) is 79.9 Å². The summed E-state index contributed by atoms with van der Waals surface area (Å²) in [5, 5.41) is 0.641. The summed E-state index contributed by atoms with van der Waals surface area (Å²) in [6.45, 7) is 0. The Kier molecular flexibility index (Phi) is 7.63. The van der Waals surface area contributed by atoms with Crippen LogP contribution in [0.25, 0.3) is 6.08 Å². The molecule has 1 saturated heterocycles. The molecule has 1 aliphatic rings. The number of nitrogens with zero attached hydrogens (tertiary/aromatic N) is 2. The molecule has 0 aromatic heterocycles. The fraction of sp³-hybridized carbons (Fsp3) is 0.0645. The fourth-order valence-electron chi connectivity index (χ4n) is 4.41. The molecular weight excluding hydrogens is 580 g/mol. The van der Waals surface area contributed by atoms with E-state index in [2.05, 4.69) is 15.9 Å². The molecule has 0 N–H and O–H groups in total. The van der Waals surface area contributed by atoms with Crippen molar-refractivity contribution in [1.82, 2.24) is 0 Å². The van der Waals surface area contributed by atoms with Gasteiger partial charge in [0.25, 0.3) is 11.8 Å². The molecule has 6 nitrogen and oxygen atoms in total. The number of halogens is 2. The standard InChI is InChI=1S/C31H22BrClN2O4/c1-39-28-18-20(17-26(32)24(28)19-21-10-8-9-15-27(21)33)16-25-29(36)34(22-11-4-2-5-12-22)31(38)35(30(25)37)23-13-6-3-7-14-23/h2-18H,19H2,1H3. The Morgan fingerprint density at radius 2 is 1.33 bits per heavy atom. The largest absolute Gasteiger partial charge is 0.496 e. The van der Waals surface area contributed by atoms with Crippen molar-refractivity contribution in [2.45, 2.75) is 6.42 Å². The average molecular weight is 602 g/mol. The first-order valence-electron chi connectivity index (χ1n) is 12.0. The number of barbiturate groups is 1. The zero-order valence-corrected chi connectivity index (χ0v) is 23.1. The van der Waals surface area contributed by atoms with Gasteiger partial charge in [-0.2, -0.15) is 0 Å². The molecule has 0 radical (unpaired) electrons. The molecule has 0 saturated carbocycles. The molecule has 4 aromatic carbocycles. The summed E-state index contributed by atoms with van der Waals surface area (Å²) in [4.78, 5) is 42.8. The predicted octanol–water partition coefficient (Wildman–Crippen LogP) is 7.29. The Morgan fingerprint density at radius 1 is 0.795 bits per heavy atom. The van der Waals surface area contributed by atoms with Crippen molar-refractivity contribution in [3.8, 4) is 5.75 Å². The minimum Gasteiger partial charge on any atom is -0.496 e. The highest BCUT2D eigenvalue weighted by Crippen LogP contribution is 2.35. The number of para-hydroxylation sites is 2. The summed E-state index contributed by atoms with van der Waals surface area (Å²) < 4.78 is 6.40. The van der Waals surface area contributed by atoms with Gasteiger partial charge in [-0.1, -0.05) is 82.1 Å². The number of anilines is 2. The molecule has 1 heterocycles. The van der Waals surface area contributed by atoms with Crippen molar-refractivity contribution in [2.75, 3.05) is 16.9 Å². The maximum Gasteiger partial charge on any atom is 0.343 e. The van der Waals surface area contributed by atoms with E-state index in [4.69, 9.17) is 16.3 Å². The van der Waals surface area contributed by atoms with E-state index in [1.165, 1.54) is 6.08 Å². The van der Waals surface area contributed by atoms with Crippen molar-refractivity contribution < 1.29 is 19.1 Å². The Bertz CT molecular complexity index is 1540. The van der Waals surface area contributed by atoms with Crippen LogP contribution in [0.1, 0.15) is 16.7 Å². The molecule has 1 aliphatic heterocycles. The quantitative estimate of drug-likeness (QED) is 0.172. The normalized spacial score (nSPS) is 13.6. The topological polar surface area (TPSA) is 66.9 Å². The number of rotatable bonds is 6. The maximum absolute atomic E-state index is 13.6. The van der Waals surface area contributed by atoms with Crippen molar-refractivity contribution >= 4 is 62.8 Å². The van der Waals surface area contributed by atoms with Crippen LogP contribution in [0.5, 0.6) is 5.75 Å². The summed E-state index contributed by atoms with van der Waals surface area (Å²) in [6, 6.07) is 27.4. The van der Waals surface area contributed by atoms with Crippen LogP contribution in [0.4, 0.5) is 16.2 Å². The molecule has 0 unspecified atom stereocenters. The third-order valence-corrected chi connectivity index (χ3v) is 7.39. The molecule has 4 aromatic rings. The van der Waals surface area contributed by atoms with Crippen molar-refractivity contribution in [1.29, 1.82) is 0 Å². The summed E-state index contributed by atoms with van der Waals surface area (Å²) in [7, 11) is 1.55. The molecule has 5 rings (SSSR count). The number of benzene rings is 4. The lowest BCUT2D eigenvalue weighted by atomic mass is 10.00. The molecule has 0 atom stereocenters. The third kappa shape index (κ3) is 5.24. The van der Waals surface area contributed by atoms with Crippen molar-refractivity contribution in [2.24, 2.45) is 0 Å². The molecule has 1 fully saturated rings. The Morgan fingerprint density at radius 3 is 1.87 bits per heavy atom. The van der Waals surface area contributed by atoms with E-state index in [1.807, 2.05) is 24.3 Å². The number of carbonyl (C=O) groups is 3. The zero-order chi connectivity index (χ0) is 27.5. The van der Waals surface area contributed by atoms with Crippen LogP contribution in [-0.2, 0) is 16.0 Å². The summed E-state index contributed by atoms with van der Waals surface area (Å²) in [5.74, 6) is -0.861. The number of carbonyl (C=O) groups excluding carboxylic acids is 3. The molecule has 194 valence electrons. The Labute approximate surface area is 239 Å². The van der Waals surface area contributed by atoms with E-state index >= 15 is 0 Å². The zero-order valence-electron chi connectivity index (χ0n) is 20.8. The molecule has 0 aliphatic carbocycles. The molecule has 39 heavy (non-hydrogen) atoms. The van der Waals surface area contributed by atoms with Crippen LogP contribution in [0.2, 0.25) is 5.02 Å². The summed E-state index contributed by atoms with van der Waals surface area (Å²) in [6.07, 6.45) is 1.99. The Hall–Kier alpha value is -4.20. The minimum atomic E-state index is -0.742.